The average molecular weight is 861 g/mol. The number of unbranched alkanes of at least 4 members (excludes halogenated alkanes) is 8. The van der Waals surface area contributed by atoms with E-state index >= 15 is 0 Å². The molecule has 0 amide bonds. The number of aryl methyl sites for hydroxylation is 4. The Labute approximate surface area is 380 Å². The van der Waals surface area contributed by atoms with Gasteiger partial charge in [0, 0.05) is 4.90 Å². The topological polar surface area (TPSA) is 0 Å². The zero-order chi connectivity index (χ0) is 44.0. The average Bonchev–Trinajstić information content (AvgIpc) is 3.27. The molecule has 0 heterocycles. The van der Waals surface area contributed by atoms with E-state index in [4.69, 9.17) is 0 Å². The molecule has 4 aromatic carbocycles. The smallest absolute Gasteiger partial charge is 0.0211 e. The summed E-state index contributed by atoms with van der Waals surface area (Å²) < 4.78 is 0. The fraction of sp³-hybridized carbons (Fsp3) is 0.593. The predicted octanol–water partition coefficient (Wildman–Crippen LogP) is 16.7. The first kappa shape index (κ1) is 51.4. The first-order valence-electron chi connectivity index (χ1n) is 25.8. The number of hydrogen-bond donors (Lipinski definition) is 0. The Bertz CT molecular complexity index is 1590. The lowest BCUT2D eigenvalue weighted by atomic mass is 9.97. The molecule has 0 spiro atoms. The number of hydrogen-bond acceptors (Lipinski definition) is 0. The van der Waals surface area contributed by atoms with Crippen LogP contribution in [0.1, 0.15) is 216 Å². The third kappa shape index (κ3) is 13.9. The second kappa shape index (κ2) is 27.8. The van der Waals surface area contributed by atoms with Crippen molar-refractivity contribution in [3.63, 3.8) is 0 Å². The molecular weight excluding hydrogens is 771 g/mol. The highest BCUT2D eigenvalue weighted by molar-refractivity contribution is 7.91. The van der Waals surface area contributed by atoms with Crippen molar-refractivity contribution in [1.29, 1.82) is 0 Å². The van der Waals surface area contributed by atoms with E-state index in [9.17, 15) is 0 Å². The van der Waals surface area contributed by atoms with E-state index in [2.05, 4.69) is 142 Å². The van der Waals surface area contributed by atoms with E-state index in [0.29, 0.717) is 0 Å². The SMILES string of the molecule is CCCCc1cccc(P(c2cccc(CCCC)c2CCCC)C(C)(C)P(c2cccc(CCCC)c2CCCC)c2cccc(CCCC)c2CCCC)c1CCCC. The van der Waals surface area contributed by atoms with Crippen LogP contribution in [-0.2, 0) is 51.4 Å². The molecule has 0 atom stereocenters. The summed E-state index contributed by atoms with van der Waals surface area (Å²) in [6.45, 7) is 24.7. The summed E-state index contributed by atoms with van der Waals surface area (Å²) in [5, 5.41) is 6.81. The molecule has 0 aliphatic heterocycles. The van der Waals surface area contributed by atoms with Gasteiger partial charge in [0.25, 0.3) is 0 Å². The molecular formula is C59H90P2. The largest absolute Gasteiger partial charge is 0.0654 e. The molecule has 0 fully saturated rings. The number of rotatable bonds is 30. The Hall–Kier alpha value is -2.26. The van der Waals surface area contributed by atoms with Gasteiger partial charge in [0.05, 0.1) is 0 Å². The summed E-state index contributed by atoms with van der Waals surface area (Å²) in [6, 6.07) is 30.6. The van der Waals surface area contributed by atoms with Crippen molar-refractivity contribution in [2.24, 2.45) is 0 Å². The molecule has 4 aromatic rings. The van der Waals surface area contributed by atoms with Gasteiger partial charge in [-0.3, -0.25) is 0 Å². The minimum Gasteiger partial charge on any atom is -0.0654 e. The lowest BCUT2D eigenvalue weighted by Crippen LogP contribution is -2.38. The summed E-state index contributed by atoms with van der Waals surface area (Å²) in [4.78, 5) is -0.0198. The first-order valence-corrected chi connectivity index (χ1v) is 28.5. The molecule has 0 aliphatic carbocycles. The predicted molar refractivity (Wildman–Crippen MR) is 281 cm³/mol. The normalized spacial score (nSPS) is 12.0. The zero-order valence-electron chi connectivity index (χ0n) is 41.3. The Kier molecular flexibility index (Phi) is 23.4. The molecule has 2 heteroatoms. The van der Waals surface area contributed by atoms with E-state index in [1.54, 1.807) is 65.7 Å². The quantitative estimate of drug-likeness (QED) is 0.0458. The highest BCUT2D eigenvalue weighted by Crippen LogP contribution is 2.66. The zero-order valence-corrected chi connectivity index (χ0v) is 43.1. The Morgan fingerprint density at radius 1 is 0.295 bits per heavy atom. The van der Waals surface area contributed by atoms with Crippen LogP contribution in [0.3, 0.4) is 0 Å². The summed E-state index contributed by atoms with van der Waals surface area (Å²) in [5.74, 6) is 0. The fourth-order valence-electron chi connectivity index (χ4n) is 9.84. The maximum absolute atomic E-state index is 2.79. The Morgan fingerprint density at radius 2 is 0.492 bits per heavy atom. The van der Waals surface area contributed by atoms with Gasteiger partial charge < -0.3 is 0 Å². The van der Waals surface area contributed by atoms with Gasteiger partial charge in [-0.05, 0) is 184 Å². The van der Waals surface area contributed by atoms with Gasteiger partial charge in [0.1, 0.15) is 0 Å². The molecule has 0 unspecified atom stereocenters. The molecule has 336 valence electrons. The second-order valence-corrected chi connectivity index (χ2v) is 24.5. The van der Waals surface area contributed by atoms with Gasteiger partial charge >= 0.3 is 0 Å². The standard InChI is InChI=1S/C59H90P2/c1-11-19-31-47-35-27-43-55(51(47)39-23-15-5)60(56-44-28-36-48(32-20-12-2)52(56)40-24-16-6)59(9,10)61(57-45-29-37-49(33-21-13-3)53(57)41-25-17-7)58-46-30-38-50(34-22-14-4)54(58)42-26-18-8/h27-30,35-38,43-46H,11-26,31-34,39-42H2,1-10H3. The lowest BCUT2D eigenvalue weighted by Gasteiger charge is -2.46. The van der Waals surface area contributed by atoms with Crippen molar-refractivity contribution in [1.82, 2.24) is 0 Å². The molecule has 0 aromatic heterocycles. The first-order chi connectivity index (χ1) is 29.8. The highest BCUT2D eigenvalue weighted by Gasteiger charge is 2.44. The van der Waals surface area contributed by atoms with Gasteiger partial charge in [-0.15, -0.1) is 0 Å². The van der Waals surface area contributed by atoms with Gasteiger partial charge in [-0.25, -0.2) is 0 Å². The molecule has 0 nitrogen and oxygen atoms in total. The van der Waals surface area contributed by atoms with Crippen molar-refractivity contribution in [3.05, 3.63) is 117 Å². The highest BCUT2D eigenvalue weighted by atomic mass is 31.2. The van der Waals surface area contributed by atoms with Crippen LogP contribution in [-0.4, -0.2) is 4.90 Å². The maximum Gasteiger partial charge on any atom is 0.0211 e. The van der Waals surface area contributed by atoms with Crippen molar-refractivity contribution < 1.29 is 0 Å². The van der Waals surface area contributed by atoms with Crippen LogP contribution in [0.15, 0.2) is 72.8 Å². The molecule has 0 bridgehead atoms. The van der Waals surface area contributed by atoms with Crippen LogP contribution >= 0.6 is 15.8 Å². The van der Waals surface area contributed by atoms with Crippen LogP contribution in [0.25, 0.3) is 0 Å². The molecule has 0 radical (unpaired) electrons. The summed E-state index contributed by atoms with van der Waals surface area (Å²) in [5.41, 5.74) is 13.4. The molecule has 0 saturated heterocycles. The molecule has 0 aliphatic rings. The summed E-state index contributed by atoms with van der Waals surface area (Å²) >= 11 is 0. The van der Waals surface area contributed by atoms with E-state index in [0.717, 1.165) is 0 Å². The fourth-order valence-corrected chi connectivity index (χ4v) is 17.8. The minimum atomic E-state index is -0.781. The van der Waals surface area contributed by atoms with Crippen molar-refractivity contribution >= 4 is 37.1 Å². The van der Waals surface area contributed by atoms with Gasteiger partial charge in [-0.2, -0.15) is 0 Å². The van der Waals surface area contributed by atoms with E-state index in [1.807, 2.05) is 0 Å². The van der Waals surface area contributed by atoms with E-state index in [1.165, 1.54) is 154 Å². The number of benzene rings is 4. The Morgan fingerprint density at radius 3 is 0.689 bits per heavy atom. The maximum atomic E-state index is 2.79. The molecule has 61 heavy (non-hydrogen) atoms. The van der Waals surface area contributed by atoms with Crippen LogP contribution in [0.4, 0.5) is 0 Å². The summed E-state index contributed by atoms with van der Waals surface area (Å²) in [7, 11) is -1.56. The monoisotopic (exact) mass is 861 g/mol. The summed E-state index contributed by atoms with van der Waals surface area (Å²) in [6.07, 6.45) is 29.6. The molecule has 4 rings (SSSR count). The third-order valence-corrected chi connectivity index (χ3v) is 20.4. The van der Waals surface area contributed by atoms with E-state index in [-0.39, 0.29) is 4.90 Å². The third-order valence-electron chi connectivity index (χ3n) is 13.4. The van der Waals surface area contributed by atoms with Gasteiger partial charge in [0.2, 0.25) is 0 Å². The van der Waals surface area contributed by atoms with Gasteiger partial charge in [-0.1, -0.05) is 193 Å². The van der Waals surface area contributed by atoms with Crippen LogP contribution in [0.2, 0.25) is 0 Å². The van der Waals surface area contributed by atoms with Gasteiger partial charge in [0.15, 0.2) is 0 Å². The van der Waals surface area contributed by atoms with Crippen LogP contribution in [0.5, 0.6) is 0 Å². The molecule has 0 saturated carbocycles. The Balaban J connectivity index is 2.26. The lowest BCUT2D eigenvalue weighted by molar-refractivity contribution is 0.759. The van der Waals surface area contributed by atoms with E-state index < -0.39 is 15.8 Å². The van der Waals surface area contributed by atoms with Crippen molar-refractivity contribution in [2.75, 3.05) is 0 Å². The second-order valence-electron chi connectivity index (χ2n) is 18.7. The van der Waals surface area contributed by atoms with Crippen molar-refractivity contribution in [3.8, 4) is 0 Å². The van der Waals surface area contributed by atoms with Crippen LogP contribution < -0.4 is 21.2 Å². The van der Waals surface area contributed by atoms with Crippen molar-refractivity contribution in [2.45, 2.75) is 228 Å². The minimum absolute atomic E-state index is 0.0198. The van der Waals surface area contributed by atoms with Crippen LogP contribution in [0, 0.1) is 0 Å². The molecule has 0 N–H and O–H groups in total.